The summed E-state index contributed by atoms with van der Waals surface area (Å²) in [5, 5.41) is 5.40. The molecule has 1 fully saturated rings. The van der Waals surface area contributed by atoms with Gasteiger partial charge in [-0.3, -0.25) is 14.5 Å². The van der Waals surface area contributed by atoms with Gasteiger partial charge in [0.25, 0.3) is 5.91 Å². The maximum Gasteiger partial charge on any atom is 0.325 e. The number of benzene rings is 2. The van der Waals surface area contributed by atoms with Crippen LogP contribution in [0.15, 0.2) is 48.5 Å². The Balaban J connectivity index is 1.55. The van der Waals surface area contributed by atoms with Crippen molar-refractivity contribution in [1.29, 1.82) is 0 Å². The van der Waals surface area contributed by atoms with Crippen molar-refractivity contribution < 1.29 is 23.9 Å². The molecule has 2 N–H and O–H groups in total. The molecule has 152 valence electrons. The zero-order chi connectivity index (χ0) is 20.8. The Hall–Kier alpha value is -3.55. The van der Waals surface area contributed by atoms with E-state index in [4.69, 9.17) is 9.47 Å². The number of rotatable bonds is 8. The lowest BCUT2D eigenvalue weighted by Crippen LogP contribution is -2.31. The Morgan fingerprint density at radius 1 is 1.10 bits per heavy atom. The van der Waals surface area contributed by atoms with Gasteiger partial charge in [-0.2, -0.15) is 0 Å². The molecule has 8 nitrogen and oxygen atoms in total. The van der Waals surface area contributed by atoms with E-state index in [0.29, 0.717) is 17.2 Å². The van der Waals surface area contributed by atoms with Gasteiger partial charge >= 0.3 is 6.03 Å². The van der Waals surface area contributed by atoms with Gasteiger partial charge in [-0.25, -0.2) is 4.79 Å². The van der Waals surface area contributed by atoms with Gasteiger partial charge in [0, 0.05) is 12.5 Å². The third-order valence-corrected chi connectivity index (χ3v) is 4.63. The molecule has 0 radical (unpaired) electrons. The first kappa shape index (κ1) is 20.2. The molecular weight excluding hydrogens is 374 g/mol. The second-order valence-electron chi connectivity index (χ2n) is 6.57. The number of urea groups is 1. The minimum atomic E-state index is -0.713. The predicted molar refractivity (Wildman–Crippen MR) is 107 cm³/mol. The number of anilines is 1. The molecule has 2 aromatic rings. The first-order valence-corrected chi connectivity index (χ1v) is 9.19. The molecule has 29 heavy (non-hydrogen) atoms. The van der Waals surface area contributed by atoms with Crippen LogP contribution in [0.4, 0.5) is 10.5 Å². The molecule has 1 atom stereocenters. The molecule has 0 aromatic heterocycles. The van der Waals surface area contributed by atoms with Crippen molar-refractivity contribution in [3.8, 4) is 11.5 Å². The topological polar surface area (TPSA) is 97.0 Å². The Labute approximate surface area is 168 Å². The Bertz CT molecular complexity index is 900. The monoisotopic (exact) mass is 397 g/mol. The highest BCUT2D eigenvalue weighted by Crippen LogP contribution is 2.29. The highest BCUT2D eigenvalue weighted by atomic mass is 16.5. The van der Waals surface area contributed by atoms with Crippen molar-refractivity contribution in [3.05, 3.63) is 54.1 Å². The van der Waals surface area contributed by atoms with Crippen LogP contribution in [0.5, 0.6) is 11.5 Å². The van der Waals surface area contributed by atoms with Crippen molar-refractivity contribution in [2.45, 2.75) is 25.4 Å². The minimum Gasteiger partial charge on any atom is -0.497 e. The van der Waals surface area contributed by atoms with Gasteiger partial charge in [-0.15, -0.1) is 0 Å². The largest absolute Gasteiger partial charge is 0.497 e. The molecule has 1 saturated heterocycles. The number of methoxy groups -OCH3 is 2. The standard InChI is InChI=1S/C21H23N3O5/c1-28-15-8-9-16(18(12-15)29-2)22-19(25)11-10-17-20(26)24(21(27)23-17)13-14-6-4-3-5-7-14/h3-9,12,17H,10-11,13H2,1-2H3,(H,22,25)(H,23,27)/t17-/m0/s1. The Morgan fingerprint density at radius 2 is 1.86 bits per heavy atom. The molecule has 0 unspecified atom stereocenters. The smallest absolute Gasteiger partial charge is 0.325 e. The summed E-state index contributed by atoms with van der Waals surface area (Å²) in [6, 6.07) is 13.2. The zero-order valence-electron chi connectivity index (χ0n) is 16.3. The van der Waals surface area contributed by atoms with Crippen LogP contribution in [0.1, 0.15) is 18.4 Å². The van der Waals surface area contributed by atoms with Crippen LogP contribution < -0.4 is 20.1 Å². The minimum absolute atomic E-state index is 0.0745. The summed E-state index contributed by atoms with van der Waals surface area (Å²) in [5.74, 6) is 0.473. The number of ether oxygens (including phenoxy) is 2. The van der Waals surface area contributed by atoms with E-state index < -0.39 is 12.1 Å². The molecule has 0 aliphatic carbocycles. The maximum atomic E-state index is 12.5. The molecule has 1 aliphatic heterocycles. The second kappa shape index (κ2) is 9.09. The number of nitrogens with one attached hydrogen (secondary N) is 2. The van der Waals surface area contributed by atoms with Crippen molar-refractivity contribution in [2.75, 3.05) is 19.5 Å². The molecule has 3 rings (SSSR count). The van der Waals surface area contributed by atoms with Gasteiger partial charge in [-0.05, 0) is 24.1 Å². The van der Waals surface area contributed by atoms with Crippen LogP contribution in [-0.4, -0.2) is 43.0 Å². The lowest BCUT2D eigenvalue weighted by Gasteiger charge is -2.13. The van der Waals surface area contributed by atoms with Crippen molar-refractivity contribution >= 4 is 23.5 Å². The summed E-state index contributed by atoms with van der Waals surface area (Å²) in [4.78, 5) is 38.2. The highest BCUT2D eigenvalue weighted by Gasteiger charge is 2.37. The summed E-state index contributed by atoms with van der Waals surface area (Å²) >= 11 is 0. The fourth-order valence-electron chi connectivity index (χ4n) is 3.08. The van der Waals surface area contributed by atoms with Crippen LogP contribution in [-0.2, 0) is 16.1 Å². The number of nitrogens with zero attached hydrogens (tertiary/aromatic N) is 1. The van der Waals surface area contributed by atoms with Crippen LogP contribution in [0.25, 0.3) is 0 Å². The van der Waals surface area contributed by atoms with Gasteiger partial charge in [0.2, 0.25) is 5.91 Å². The SMILES string of the molecule is COc1ccc(NC(=O)CC[C@@H]2NC(=O)N(Cc3ccccc3)C2=O)c(OC)c1. The van der Waals surface area contributed by atoms with Gasteiger partial charge in [0.05, 0.1) is 26.5 Å². The van der Waals surface area contributed by atoms with E-state index in [1.807, 2.05) is 30.3 Å². The number of carbonyl (C=O) groups excluding carboxylic acids is 3. The van der Waals surface area contributed by atoms with Crippen molar-refractivity contribution in [2.24, 2.45) is 0 Å². The fraction of sp³-hybridized carbons (Fsp3) is 0.286. The van der Waals surface area contributed by atoms with Crippen LogP contribution >= 0.6 is 0 Å². The summed E-state index contributed by atoms with van der Waals surface area (Å²) in [6.07, 6.45) is 0.283. The molecule has 0 saturated carbocycles. The van der Waals surface area contributed by atoms with Gasteiger partial charge in [0.1, 0.15) is 17.5 Å². The first-order valence-electron chi connectivity index (χ1n) is 9.19. The van der Waals surface area contributed by atoms with E-state index >= 15 is 0 Å². The first-order chi connectivity index (χ1) is 14.0. The number of imide groups is 1. The fourth-order valence-corrected chi connectivity index (χ4v) is 3.08. The molecular formula is C21H23N3O5. The van der Waals surface area contributed by atoms with E-state index in [9.17, 15) is 14.4 Å². The lowest BCUT2D eigenvalue weighted by atomic mass is 10.1. The lowest BCUT2D eigenvalue weighted by molar-refractivity contribution is -0.128. The van der Waals surface area contributed by atoms with Crippen molar-refractivity contribution in [3.63, 3.8) is 0 Å². The third kappa shape index (κ3) is 4.84. The molecule has 0 bridgehead atoms. The molecule has 0 spiro atoms. The van der Waals surface area contributed by atoms with Crippen LogP contribution in [0, 0.1) is 0 Å². The van der Waals surface area contributed by atoms with E-state index in [-0.39, 0.29) is 31.2 Å². The van der Waals surface area contributed by atoms with Gasteiger partial charge < -0.3 is 20.1 Å². The molecule has 1 heterocycles. The number of hydrogen-bond donors (Lipinski definition) is 2. The number of amides is 4. The molecule has 4 amide bonds. The average Bonchev–Trinajstić information content (AvgIpc) is 3.01. The summed E-state index contributed by atoms with van der Waals surface area (Å²) in [6.45, 7) is 0.206. The third-order valence-electron chi connectivity index (χ3n) is 4.63. The molecule has 2 aromatic carbocycles. The second-order valence-corrected chi connectivity index (χ2v) is 6.57. The highest BCUT2D eigenvalue weighted by molar-refractivity contribution is 6.04. The normalized spacial score (nSPS) is 15.8. The number of hydrogen-bond acceptors (Lipinski definition) is 5. The number of carbonyl (C=O) groups is 3. The predicted octanol–water partition coefficient (Wildman–Crippen LogP) is 2.54. The van der Waals surface area contributed by atoms with Crippen molar-refractivity contribution in [1.82, 2.24) is 10.2 Å². The maximum absolute atomic E-state index is 12.5. The molecule has 1 aliphatic rings. The summed E-state index contributed by atoms with van der Waals surface area (Å²) in [5.41, 5.74) is 1.37. The van der Waals surface area contributed by atoms with E-state index in [2.05, 4.69) is 10.6 Å². The zero-order valence-corrected chi connectivity index (χ0v) is 16.3. The quantitative estimate of drug-likeness (QED) is 0.667. The van der Waals surface area contributed by atoms with E-state index in [1.165, 1.54) is 12.0 Å². The van der Waals surface area contributed by atoms with Crippen LogP contribution in [0.2, 0.25) is 0 Å². The summed E-state index contributed by atoms with van der Waals surface area (Å²) < 4.78 is 10.4. The van der Waals surface area contributed by atoms with E-state index in [0.717, 1.165) is 5.56 Å². The summed E-state index contributed by atoms with van der Waals surface area (Å²) in [7, 11) is 3.04. The molecule has 8 heteroatoms. The average molecular weight is 397 g/mol. The van der Waals surface area contributed by atoms with Gasteiger partial charge in [0.15, 0.2) is 0 Å². The van der Waals surface area contributed by atoms with Crippen LogP contribution in [0.3, 0.4) is 0 Å². The van der Waals surface area contributed by atoms with Gasteiger partial charge in [-0.1, -0.05) is 30.3 Å². The Morgan fingerprint density at radius 3 is 2.55 bits per heavy atom. The van der Waals surface area contributed by atoms with E-state index in [1.54, 1.807) is 25.3 Å². The Kier molecular flexibility index (Phi) is 6.33.